The molecule has 0 bridgehead atoms. The Bertz CT molecular complexity index is 434. The van der Waals surface area contributed by atoms with Gasteiger partial charge in [-0.3, -0.25) is 4.79 Å². The largest absolute Gasteiger partial charge is 0.451 e. The Morgan fingerprint density at radius 1 is 1.39 bits per heavy atom. The topological polar surface area (TPSA) is 36.7 Å². The Morgan fingerprint density at radius 2 is 2.11 bits per heavy atom. The van der Waals surface area contributed by atoms with Crippen molar-refractivity contribution < 1.29 is 9.21 Å². The van der Waals surface area contributed by atoms with Gasteiger partial charge in [0.25, 0.3) is 0 Å². The van der Waals surface area contributed by atoms with Crippen LogP contribution in [0.15, 0.2) is 22.6 Å². The van der Waals surface area contributed by atoms with Gasteiger partial charge < -0.3 is 14.2 Å². The maximum Gasteiger partial charge on any atom is 0.246 e. The minimum Gasteiger partial charge on any atom is -0.451 e. The van der Waals surface area contributed by atoms with E-state index in [1.807, 2.05) is 17.0 Å². The van der Waals surface area contributed by atoms with Crippen LogP contribution >= 0.6 is 22.6 Å². The maximum absolute atomic E-state index is 12.0. The second kappa shape index (κ2) is 6.38. The van der Waals surface area contributed by atoms with Crippen molar-refractivity contribution in [3.63, 3.8) is 0 Å². The van der Waals surface area contributed by atoms with Crippen molar-refractivity contribution in [1.29, 1.82) is 0 Å². The summed E-state index contributed by atoms with van der Waals surface area (Å²) < 4.78 is 6.21. The van der Waals surface area contributed by atoms with Crippen LogP contribution in [0, 0.1) is 3.77 Å². The van der Waals surface area contributed by atoms with Gasteiger partial charge in [-0.15, -0.1) is 0 Å². The van der Waals surface area contributed by atoms with E-state index < -0.39 is 0 Å². The van der Waals surface area contributed by atoms with Gasteiger partial charge >= 0.3 is 0 Å². The summed E-state index contributed by atoms with van der Waals surface area (Å²) in [6.07, 6.45) is 3.33. The van der Waals surface area contributed by atoms with Gasteiger partial charge in [-0.05, 0) is 47.3 Å². The fourth-order valence-corrected chi connectivity index (χ4v) is 2.40. The number of piperazine rings is 1. The summed E-state index contributed by atoms with van der Waals surface area (Å²) in [6, 6.07) is 3.74. The number of nitrogens with zero attached hydrogens (tertiary/aromatic N) is 2. The number of carbonyl (C=O) groups excluding carboxylic acids is 1. The minimum absolute atomic E-state index is 0.0668. The van der Waals surface area contributed by atoms with Crippen LogP contribution in [0.2, 0.25) is 0 Å². The van der Waals surface area contributed by atoms with Crippen LogP contribution in [0.5, 0.6) is 0 Å². The van der Waals surface area contributed by atoms with Crippen molar-refractivity contribution in [2.24, 2.45) is 0 Å². The molecule has 1 aromatic heterocycles. The molecule has 1 aliphatic rings. The standard InChI is InChI=1S/C13H17IN2O2/c1-2-15-7-9-16(10-8-15)13(17)6-4-11-3-5-12(14)18-11/h3-6H,2,7-10H2,1H3/b6-4+. The predicted molar refractivity (Wildman–Crippen MR) is 79.2 cm³/mol. The third-order valence-electron chi connectivity index (χ3n) is 3.12. The molecule has 1 aliphatic heterocycles. The van der Waals surface area contributed by atoms with Crippen molar-refractivity contribution in [1.82, 2.24) is 9.80 Å². The normalized spacial score (nSPS) is 17.6. The molecule has 1 saturated heterocycles. The lowest BCUT2D eigenvalue weighted by molar-refractivity contribution is -0.127. The van der Waals surface area contributed by atoms with Gasteiger partial charge in [0.15, 0.2) is 3.77 Å². The summed E-state index contributed by atoms with van der Waals surface area (Å²) in [5.74, 6) is 0.789. The van der Waals surface area contributed by atoms with Gasteiger partial charge in [0, 0.05) is 32.3 Å². The van der Waals surface area contributed by atoms with Gasteiger partial charge in [-0.2, -0.15) is 0 Å². The Labute approximate surface area is 121 Å². The van der Waals surface area contributed by atoms with Crippen molar-refractivity contribution in [3.8, 4) is 0 Å². The third kappa shape index (κ3) is 3.58. The summed E-state index contributed by atoms with van der Waals surface area (Å²) in [6.45, 7) is 6.77. The number of hydrogen-bond acceptors (Lipinski definition) is 3. The van der Waals surface area contributed by atoms with Gasteiger partial charge in [0.05, 0.1) is 0 Å². The first-order valence-corrected chi connectivity index (χ1v) is 7.21. The lowest BCUT2D eigenvalue weighted by atomic mass is 10.3. The second-order valence-corrected chi connectivity index (χ2v) is 5.30. The summed E-state index contributed by atoms with van der Waals surface area (Å²) >= 11 is 2.11. The highest BCUT2D eigenvalue weighted by atomic mass is 127. The molecule has 2 rings (SSSR count). The van der Waals surface area contributed by atoms with Crippen LogP contribution in [0.25, 0.3) is 6.08 Å². The summed E-state index contributed by atoms with van der Waals surface area (Å²) in [5.41, 5.74) is 0. The van der Waals surface area contributed by atoms with E-state index >= 15 is 0 Å². The van der Waals surface area contributed by atoms with E-state index in [4.69, 9.17) is 4.42 Å². The van der Waals surface area contributed by atoms with Crippen LogP contribution in [0.4, 0.5) is 0 Å². The Morgan fingerprint density at radius 3 is 2.67 bits per heavy atom. The van der Waals surface area contributed by atoms with Crippen LogP contribution in [0.3, 0.4) is 0 Å². The van der Waals surface area contributed by atoms with Gasteiger partial charge in [0.2, 0.25) is 5.91 Å². The highest BCUT2D eigenvalue weighted by Crippen LogP contribution is 2.12. The SMILES string of the molecule is CCN1CCN(C(=O)/C=C/c2ccc(I)o2)CC1. The van der Waals surface area contributed by atoms with E-state index in [1.54, 1.807) is 12.2 Å². The van der Waals surface area contributed by atoms with Crippen LogP contribution < -0.4 is 0 Å². The van der Waals surface area contributed by atoms with E-state index in [9.17, 15) is 4.79 Å². The Hall–Kier alpha value is -0.820. The number of furan rings is 1. The van der Waals surface area contributed by atoms with E-state index in [1.165, 1.54) is 0 Å². The zero-order valence-corrected chi connectivity index (χ0v) is 12.6. The summed E-state index contributed by atoms with van der Waals surface area (Å²) in [5, 5.41) is 0. The molecule has 4 nitrogen and oxygen atoms in total. The molecule has 0 aliphatic carbocycles. The van der Waals surface area contributed by atoms with Crippen LogP contribution in [0.1, 0.15) is 12.7 Å². The molecule has 1 fully saturated rings. The molecule has 18 heavy (non-hydrogen) atoms. The molecule has 2 heterocycles. The monoisotopic (exact) mass is 360 g/mol. The molecule has 0 aromatic carbocycles. The molecule has 5 heteroatoms. The number of carbonyl (C=O) groups is 1. The van der Waals surface area contributed by atoms with E-state index in [-0.39, 0.29) is 5.91 Å². The van der Waals surface area contributed by atoms with Crippen LogP contribution in [-0.4, -0.2) is 48.4 Å². The fourth-order valence-electron chi connectivity index (χ4n) is 1.96. The van der Waals surface area contributed by atoms with Crippen molar-refractivity contribution >= 4 is 34.6 Å². The zero-order valence-electron chi connectivity index (χ0n) is 10.4. The quantitative estimate of drug-likeness (QED) is 0.612. The molecule has 98 valence electrons. The first-order chi connectivity index (χ1) is 8.69. The Balaban J connectivity index is 1.87. The van der Waals surface area contributed by atoms with E-state index in [0.29, 0.717) is 0 Å². The van der Waals surface area contributed by atoms with E-state index in [0.717, 1.165) is 42.3 Å². The van der Waals surface area contributed by atoms with Gasteiger partial charge in [-0.1, -0.05) is 6.92 Å². The average molecular weight is 360 g/mol. The number of amides is 1. The number of halogens is 1. The first-order valence-electron chi connectivity index (χ1n) is 6.13. The first kappa shape index (κ1) is 13.6. The minimum atomic E-state index is 0.0668. The summed E-state index contributed by atoms with van der Waals surface area (Å²) in [7, 11) is 0. The number of likely N-dealkylation sites (N-methyl/N-ethyl adjacent to an activating group) is 1. The van der Waals surface area contributed by atoms with Crippen LogP contribution in [-0.2, 0) is 4.79 Å². The molecule has 0 spiro atoms. The fraction of sp³-hybridized carbons (Fsp3) is 0.462. The van der Waals surface area contributed by atoms with Gasteiger partial charge in [0.1, 0.15) is 5.76 Å². The Kier molecular flexibility index (Phi) is 4.82. The molecule has 1 aromatic rings. The summed E-state index contributed by atoms with van der Waals surface area (Å²) in [4.78, 5) is 16.2. The van der Waals surface area contributed by atoms with Crippen molar-refractivity contribution in [2.75, 3.05) is 32.7 Å². The number of hydrogen-bond donors (Lipinski definition) is 0. The number of rotatable bonds is 3. The molecule has 0 N–H and O–H groups in total. The molecular weight excluding hydrogens is 343 g/mol. The third-order valence-corrected chi connectivity index (χ3v) is 3.70. The lowest BCUT2D eigenvalue weighted by Crippen LogP contribution is -2.48. The molecule has 0 radical (unpaired) electrons. The maximum atomic E-state index is 12.0. The molecule has 0 unspecified atom stereocenters. The molecule has 0 atom stereocenters. The van der Waals surface area contributed by atoms with Crippen molar-refractivity contribution in [2.45, 2.75) is 6.92 Å². The predicted octanol–water partition coefficient (Wildman–Crippen LogP) is 2.06. The lowest BCUT2D eigenvalue weighted by Gasteiger charge is -2.33. The molecule has 0 saturated carbocycles. The average Bonchev–Trinajstić information content (AvgIpc) is 2.82. The highest BCUT2D eigenvalue weighted by molar-refractivity contribution is 14.1. The zero-order chi connectivity index (χ0) is 13.0. The van der Waals surface area contributed by atoms with Crippen molar-refractivity contribution in [3.05, 3.63) is 27.7 Å². The second-order valence-electron chi connectivity index (χ2n) is 4.23. The van der Waals surface area contributed by atoms with Gasteiger partial charge in [-0.25, -0.2) is 0 Å². The smallest absolute Gasteiger partial charge is 0.246 e. The molecular formula is C13H17IN2O2. The highest BCUT2D eigenvalue weighted by Gasteiger charge is 2.18. The molecule has 1 amide bonds. The van der Waals surface area contributed by atoms with E-state index in [2.05, 4.69) is 34.4 Å².